The molecule has 2 nitrogen and oxygen atoms in total. The minimum absolute atomic E-state index is 0.192. The molecule has 0 N–H and O–H groups in total. The van der Waals surface area contributed by atoms with Gasteiger partial charge in [0.2, 0.25) is 0 Å². The third-order valence-corrected chi connectivity index (χ3v) is 8.43. The molecule has 0 amide bonds. The summed E-state index contributed by atoms with van der Waals surface area (Å²) in [5, 5.41) is 0. The van der Waals surface area contributed by atoms with Crippen LogP contribution in [0.3, 0.4) is 0 Å². The van der Waals surface area contributed by atoms with Crippen LogP contribution in [0.25, 0.3) is 0 Å². The molecule has 0 aromatic heterocycles. The van der Waals surface area contributed by atoms with Gasteiger partial charge in [0.15, 0.2) is 5.78 Å². The van der Waals surface area contributed by atoms with E-state index in [1.807, 2.05) is 6.08 Å². The number of hydrogen-bond donors (Lipinski definition) is 0. The molecule has 122 valence electrons. The fourth-order valence-corrected chi connectivity index (χ4v) is 7.31. The van der Waals surface area contributed by atoms with Crippen LogP contribution in [-0.4, -0.2) is 18.5 Å². The van der Waals surface area contributed by atoms with Crippen molar-refractivity contribution >= 4 is 5.78 Å². The van der Waals surface area contributed by atoms with Crippen LogP contribution in [-0.2, 0) is 9.53 Å². The van der Waals surface area contributed by atoms with Crippen molar-refractivity contribution < 1.29 is 9.53 Å². The SMILES string of the molecule is C#C[C@H]1CCC2C3CC4OC[C@@]5(CCC(=O)C=C45)C3CC[C@@]21C. The number of terminal acetylenes is 1. The lowest BCUT2D eigenvalue weighted by molar-refractivity contribution is -0.117. The molecular weight excluding hydrogens is 284 g/mol. The number of carbonyl (C=O) groups is 1. The molecule has 23 heavy (non-hydrogen) atoms. The first-order valence-electron chi connectivity index (χ1n) is 9.41. The molecule has 2 bridgehead atoms. The number of carbonyl (C=O) groups excluding carboxylic acids is 1. The molecule has 1 saturated heterocycles. The van der Waals surface area contributed by atoms with Crippen LogP contribution in [0.5, 0.6) is 0 Å². The lowest BCUT2D eigenvalue weighted by Crippen LogP contribution is -2.52. The van der Waals surface area contributed by atoms with E-state index in [-0.39, 0.29) is 11.5 Å². The number of rotatable bonds is 0. The van der Waals surface area contributed by atoms with Gasteiger partial charge in [-0.15, -0.1) is 12.3 Å². The first-order chi connectivity index (χ1) is 11.1. The smallest absolute Gasteiger partial charge is 0.155 e. The summed E-state index contributed by atoms with van der Waals surface area (Å²) in [6.07, 6.45) is 16.0. The van der Waals surface area contributed by atoms with Crippen LogP contribution in [0.15, 0.2) is 11.6 Å². The van der Waals surface area contributed by atoms with Crippen LogP contribution in [0.2, 0.25) is 0 Å². The van der Waals surface area contributed by atoms with Crippen LogP contribution in [0, 0.1) is 46.8 Å². The minimum atomic E-state index is 0.192. The second-order valence-electron chi connectivity index (χ2n) is 8.98. The van der Waals surface area contributed by atoms with Gasteiger partial charge in [-0.2, -0.15) is 0 Å². The Hall–Kier alpha value is -1.07. The van der Waals surface area contributed by atoms with Crippen molar-refractivity contribution in [2.45, 2.75) is 58.0 Å². The third kappa shape index (κ3) is 1.63. The lowest BCUT2D eigenvalue weighted by Gasteiger charge is -2.56. The molecule has 7 atom stereocenters. The van der Waals surface area contributed by atoms with Crippen LogP contribution in [0.1, 0.15) is 51.9 Å². The van der Waals surface area contributed by atoms with Gasteiger partial charge >= 0.3 is 0 Å². The molecule has 4 fully saturated rings. The zero-order valence-electron chi connectivity index (χ0n) is 14.0. The number of ether oxygens (including phenoxy) is 1. The van der Waals surface area contributed by atoms with E-state index in [0.29, 0.717) is 17.1 Å². The third-order valence-electron chi connectivity index (χ3n) is 8.43. The molecule has 1 heterocycles. The Kier molecular flexibility index (Phi) is 2.80. The largest absolute Gasteiger partial charge is 0.373 e. The van der Waals surface area contributed by atoms with Gasteiger partial charge in [0, 0.05) is 17.8 Å². The monoisotopic (exact) mass is 310 g/mol. The highest BCUT2D eigenvalue weighted by molar-refractivity contribution is 5.92. The van der Waals surface area contributed by atoms with E-state index in [1.54, 1.807) is 0 Å². The highest BCUT2D eigenvalue weighted by Crippen LogP contribution is 2.68. The number of ketones is 1. The molecule has 5 rings (SSSR count). The fourth-order valence-electron chi connectivity index (χ4n) is 7.31. The summed E-state index contributed by atoms with van der Waals surface area (Å²) in [7, 11) is 0. The summed E-state index contributed by atoms with van der Waals surface area (Å²) in [4.78, 5) is 12.0. The van der Waals surface area contributed by atoms with Crippen molar-refractivity contribution in [2.75, 3.05) is 6.61 Å². The zero-order chi connectivity index (χ0) is 15.8. The first-order valence-corrected chi connectivity index (χ1v) is 9.41. The van der Waals surface area contributed by atoms with E-state index in [1.165, 1.54) is 31.3 Å². The van der Waals surface area contributed by atoms with Crippen molar-refractivity contribution in [3.05, 3.63) is 11.6 Å². The topological polar surface area (TPSA) is 26.3 Å². The molecule has 0 aromatic carbocycles. The number of fused-ring (bicyclic) bond motifs is 3. The normalized spacial score (nSPS) is 53.8. The maximum absolute atomic E-state index is 12.0. The summed E-state index contributed by atoms with van der Waals surface area (Å²) in [6, 6.07) is 0. The van der Waals surface area contributed by atoms with Gasteiger partial charge in [-0.1, -0.05) is 6.92 Å². The van der Waals surface area contributed by atoms with E-state index < -0.39 is 0 Å². The van der Waals surface area contributed by atoms with Gasteiger partial charge < -0.3 is 4.74 Å². The molecule has 5 aliphatic rings. The average Bonchev–Trinajstić information content (AvgIpc) is 3.01. The van der Waals surface area contributed by atoms with Gasteiger partial charge in [0.05, 0.1) is 12.7 Å². The summed E-state index contributed by atoms with van der Waals surface area (Å²) >= 11 is 0. The molecule has 1 aliphatic heterocycles. The summed E-state index contributed by atoms with van der Waals surface area (Å²) in [5.74, 6) is 6.13. The van der Waals surface area contributed by atoms with E-state index in [9.17, 15) is 4.79 Å². The predicted octanol–water partition coefficient (Wildman–Crippen LogP) is 3.76. The molecule has 0 aromatic rings. The highest BCUT2D eigenvalue weighted by Gasteiger charge is 2.64. The van der Waals surface area contributed by atoms with Crippen molar-refractivity contribution in [1.29, 1.82) is 0 Å². The molecule has 4 unspecified atom stereocenters. The Labute approximate surface area is 139 Å². The van der Waals surface area contributed by atoms with E-state index >= 15 is 0 Å². The van der Waals surface area contributed by atoms with Crippen LogP contribution in [0.4, 0.5) is 0 Å². The minimum Gasteiger partial charge on any atom is -0.373 e. The lowest BCUT2D eigenvalue weighted by atomic mass is 9.47. The van der Waals surface area contributed by atoms with Crippen molar-refractivity contribution in [3.8, 4) is 12.3 Å². The van der Waals surface area contributed by atoms with Crippen LogP contribution < -0.4 is 0 Å². The van der Waals surface area contributed by atoms with E-state index in [0.717, 1.165) is 43.6 Å². The Morgan fingerprint density at radius 1 is 1.26 bits per heavy atom. The van der Waals surface area contributed by atoms with Gasteiger partial charge in [-0.3, -0.25) is 4.79 Å². The fraction of sp³-hybridized carbons (Fsp3) is 0.762. The van der Waals surface area contributed by atoms with Gasteiger partial charge in [0.1, 0.15) is 0 Å². The summed E-state index contributed by atoms with van der Waals surface area (Å²) in [6.45, 7) is 3.32. The zero-order valence-corrected chi connectivity index (χ0v) is 14.0. The Bertz CT molecular complexity index is 641. The molecule has 3 saturated carbocycles. The quantitative estimate of drug-likeness (QED) is 0.637. The standard InChI is InChI=1S/C21H26O2/c1-3-13-4-5-16-15-11-19-18-10-14(22)6-9-21(18,12-23-19)17(15)7-8-20(13,16)2/h1,10,13,15-17,19H,4-9,11-12H2,2H3/t13-,15?,16?,17?,19?,20+,21-/m0/s1. The summed E-state index contributed by atoms with van der Waals surface area (Å²) in [5.41, 5.74) is 1.90. The van der Waals surface area contributed by atoms with Crippen molar-refractivity contribution in [1.82, 2.24) is 0 Å². The van der Waals surface area contributed by atoms with Gasteiger partial charge in [-0.25, -0.2) is 0 Å². The van der Waals surface area contributed by atoms with E-state index in [4.69, 9.17) is 11.2 Å². The molecule has 2 heteroatoms. The molecular formula is C21H26O2. The van der Waals surface area contributed by atoms with Gasteiger partial charge in [0.25, 0.3) is 0 Å². The van der Waals surface area contributed by atoms with Crippen LogP contribution >= 0.6 is 0 Å². The van der Waals surface area contributed by atoms with Crippen molar-refractivity contribution in [2.24, 2.45) is 34.5 Å². The van der Waals surface area contributed by atoms with Crippen molar-refractivity contribution in [3.63, 3.8) is 0 Å². The second kappa shape index (κ2) is 4.51. The Balaban J connectivity index is 1.56. The molecule has 0 spiro atoms. The average molecular weight is 310 g/mol. The molecule has 0 radical (unpaired) electrons. The second-order valence-corrected chi connectivity index (χ2v) is 8.98. The summed E-state index contributed by atoms with van der Waals surface area (Å²) < 4.78 is 6.23. The maximum atomic E-state index is 12.0. The predicted molar refractivity (Wildman–Crippen MR) is 88.5 cm³/mol. The highest BCUT2D eigenvalue weighted by atomic mass is 16.5. The number of hydrogen-bond acceptors (Lipinski definition) is 2. The van der Waals surface area contributed by atoms with Gasteiger partial charge in [-0.05, 0) is 73.3 Å². The molecule has 4 aliphatic carbocycles. The Morgan fingerprint density at radius 3 is 2.96 bits per heavy atom. The first kappa shape index (κ1) is 14.3. The maximum Gasteiger partial charge on any atom is 0.155 e. The van der Waals surface area contributed by atoms with E-state index in [2.05, 4.69) is 12.8 Å². The Morgan fingerprint density at radius 2 is 2.13 bits per heavy atom.